The highest BCUT2D eigenvalue weighted by Gasteiger charge is 2.18. The van der Waals surface area contributed by atoms with Gasteiger partial charge in [0, 0.05) is 47.3 Å². The van der Waals surface area contributed by atoms with Crippen LogP contribution in [-0.2, 0) is 0 Å². The van der Waals surface area contributed by atoms with Crippen molar-refractivity contribution in [3.63, 3.8) is 0 Å². The summed E-state index contributed by atoms with van der Waals surface area (Å²) in [6.45, 7) is 0. The molecule has 0 amide bonds. The molecule has 1 N–H and O–H groups in total. The van der Waals surface area contributed by atoms with Gasteiger partial charge >= 0.3 is 0 Å². The SMILES string of the molecule is CN(c1cccnc1)c1cc(-c2ccoc2)c2ncc(C#N)c(Nc3ccc(F)c(Cl)c3)c2c1. The van der Waals surface area contributed by atoms with Crippen LogP contribution in [0.3, 0.4) is 0 Å². The summed E-state index contributed by atoms with van der Waals surface area (Å²) in [5, 5.41) is 13.8. The van der Waals surface area contributed by atoms with Crippen LogP contribution in [0.25, 0.3) is 22.0 Å². The number of nitriles is 1. The molecule has 0 saturated carbocycles. The molecule has 3 aromatic heterocycles. The first-order valence-electron chi connectivity index (χ1n) is 10.3. The molecule has 0 fully saturated rings. The summed E-state index contributed by atoms with van der Waals surface area (Å²) in [6.07, 6.45) is 8.25. The lowest BCUT2D eigenvalue weighted by Gasteiger charge is -2.22. The zero-order valence-corrected chi connectivity index (χ0v) is 18.7. The molecule has 0 atom stereocenters. The molecule has 166 valence electrons. The van der Waals surface area contributed by atoms with Gasteiger partial charge in [-0.3, -0.25) is 9.97 Å². The summed E-state index contributed by atoms with van der Waals surface area (Å²) >= 11 is 5.98. The Morgan fingerprint density at radius 2 is 2.00 bits per heavy atom. The zero-order valence-electron chi connectivity index (χ0n) is 18.0. The first kappa shape index (κ1) is 21.4. The Balaban J connectivity index is 1.76. The van der Waals surface area contributed by atoms with E-state index in [4.69, 9.17) is 16.0 Å². The monoisotopic (exact) mass is 469 g/mol. The highest BCUT2D eigenvalue weighted by molar-refractivity contribution is 6.31. The van der Waals surface area contributed by atoms with Gasteiger partial charge in [-0.05, 0) is 48.5 Å². The Morgan fingerprint density at radius 1 is 1.12 bits per heavy atom. The van der Waals surface area contributed by atoms with E-state index in [1.807, 2.05) is 42.3 Å². The summed E-state index contributed by atoms with van der Waals surface area (Å²) in [5.41, 5.74) is 5.54. The van der Waals surface area contributed by atoms with Crippen molar-refractivity contribution < 1.29 is 8.81 Å². The first-order chi connectivity index (χ1) is 16.5. The lowest BCUT2D eigenvalue weighted by molar-refractivity contribution is 0.568. The fourth-order valence-corrected chi connectivity index (χ4v) is 3.94. The minimum atomic E-state index is -0.519. The highest BCUT2D eigenvalue weighted by atomic mass is 35.5. The van der Waals surface area contributed by atoms with Crippen LogP contribution in [-0.4, -0.2) is 17.0 Å². The Morgan fingerprint density at radius 3 is 2.71 bits per heavy atom. The van der Waals surface area contributed by atoms with E-state index in [1.165, 1.54) is 18.3 Å². The molecular weight excluding hydrogens is 453 g/mol. The van der Waals surface area contributed by atoms with Crippen LogP contribution < -0.4 is 10.2 Å². The summed E-state index contributed by atoms with van der Waals surface area (Å²) < 4.78 is 19.0. The maximum absolute atomic E-state index is 13.7. The van der Waals surface area contributed by atoms with Crippen molar-refractivity contribution in [1.29, 1.82) is 5.26 Å². The predicted octanol–water partition coefficient (Wildman–Crippen LogP) is 7.07. The number of fused-ring (bicyclic) bond motifs is 1. The van der Waals surface area contributed by atoms with Crippen molar-refractivity contribution in [2.24, 2.45) is 0 Å². The summed E-state index contributed by atoms with van der Waals surface area (Å²) in [6, 6.07) is 16.2. The molecule has 2 aromatic carbocycles. The van der Waals surface area contributed by atoms with E-state index >= 15 is 0 Å². The van der Waals surface area contributed by atoms with Crippen LogP contribution in [0.1, 0.15) is 5.56 Å². The van der Waals surface area contributed by atoms with Crippen molar-refractivity contribution in [1.82, 2.24) is 9.97 Å². The van der Waals surface area contributed by atoms with Crippen molar-refractivity contribution in [3.05, 3.63) is 96.1 Å². The van der Waals surface area contributed by atoms with Gasteiger partial charge in [-0.25, -0.2) is 4.39 Å². The van der Waals surface area contributed by atoms with Crippen LogP contribution in [0, 0.1) is 17.1 Å². The molecule has 0 spiro atoms. The number of benzene rings is 2. The highest BCUT2D eigenvalue weighted by Crippen LogP contribution is 2.39. The topological polar surface area (TPSA) is 78.0 Å². The van der Waals surface area contributed by atoms with Crippen LogP contribution in [0.15, 0.2) is 84.1 Å². The average Bonchev–Trinajstić information content (AvgIpc) is 3.41. The third kappa shape index (κ3) is 3.91. The van der Waals surface area contributed by atoms with Gasteiger partial charge in [0.15, 0.2) is 0 Å². The van der Waals surface area contributed by atoms with Gasteiger partial charge in [0.25, 0.3) is 0 Å². The normalized spacial score (nSPS) is 10.8. The van der Waals surface area contributed by atoms with Crippen molar-refractivity contribution in [2.75, 3.05) is 17.3 Å². The zero-order chi connectivity index (χ0) is 23.7. The summed E-state index contributed by atoms with van der Waals surface area (Å²) in [7, 11) is 1.94. The first-order valence-corrected chi connectivity index (χ1v) is 10.7. The van der Waals surface area contributed by atoms with Gasteiger partial charge in [0.1, 0.15) is 11.9 Å². The predicted molar refractivity (Wildman–Crippen MR) is 131 cm³/mol. The van der Waals surface area contributed by atoms with Gasteiger partial charge in [0.05, 0.1) is 46.2 Å². The van der Waals surface area contributed by atoms with Gasteiger partial charge < -0.3 is 14.6 Å². The molecule has 0 saturated heterocycles. The Labute approximate surface area is 199 Å². The van der Waals surface area contributed by atoms with Gasteiger partial charge in [-0.15, -0.1) is 0 Å². The van der Waals surface area contributed by atoms with Crippen LogP contribution in [0.5, 0.6) is 0 Å². The Kier molecular flexibility index (Phi) is 5.58. The quantitative estimate of drug-likeness (QED) is 0.296. The maximum Gasteiger partial charge on any atom is 0.141 e. The smallest absolute Gasteiger partial charge is 0.141 e. The number of aromatic nitrogens is 2. The molecule has 34 heavy (non-hydrogen) atoms. The molecule has 0 radical (unpaired) electrons. The number of hydrogen-bond acceptors (Lipinski definition) is 6. The number of nitrogens with zero attached hydrogens (tertiary/aromatic N) is 4. The Bertz CT molecular complexity index is 1530. The van der Waals surface area contributed by atoms with Crippen molar-refractivity contribution >= 4 is 45.3 Å². The molecular formula is C26H17ClFN5O. The number of nitrogens with one attached hydrogen (secondary N) is 1. The van der Waals surface area contributed by atoms with Crippen LogP contribution >= 0.6 is 11.6 Å². The second-order valence-electron chi connectivity index (χ2n) is 7.58. The van der Waals surface area contributed by atoms with Crippen LogP contribution in [0.2, 0.25) is 5.02 Å². The standard InChI is InChI=1S/C26H17ClFN5O/c1-33(19-3-2-7-30-14-19)20-10-21(16-6-8-34-15-16)26-22(11-20)25(17(12-29)13-31-26)32-18-4-5-24(28)23(27)9-18/h2-11,13-15H,1H3,(H,31,32). The second kappa shape index (κ2) is 8.85. The minimum Gasteiger partial charge on any atom is -0.472 e. The fraction of sp³-hybridized carbons (Fsp3) is 0.0385. The lowest BCUT2D eigenvalue weighted by atomic mass is 10.00. The van der Waals surface area contributed by atoms with Crippen molar-refractivity contribution in [3.8, 4) is 17.2 Å². The molecule has 8 heteroatoms. The largest absolute Gasteiger partial charge is 0.472 e. The van der Waals surface area contributed by atoms with E-state index in [-0.39, 0.29) is 5.02 Å². The summed E-state index contributed by atoms with van der Waals surface area (Å²) in [4.78, 5) is 10.8. The number of halogens is 2. The van der Waals surface area contributed by atoms with Crippen LogP contribution in [0.4, 0.5) is 27.1 Å². The number of furan rings is 1. The number of hydrogen-bond donors (Lipinski definition) is 1. The fourth-order valence-electron chi connectivity index (χ4n) is 3.76. The second-order valence-corrected chi connectivity index (χ2v) is 7.99. The van der Waals surface area contributed by atoms with Gasteiger partial charge in [-0.1, -0.05) is 11.6 Å². The van der Waals surface area contributed by atoms with E-state index in [0.29, 0.717) is 27.8 Å². The molecule has 3 heterocycles. The van der Waals surface area contributed by atoms with Gasteiger partial charge in [0.2, 0.25) is 0 Å². The summed E-state index contributed by atoms with van der Waals surface area (Å²) in [5.74, 6) is -0.519. The molecule has 5 aromatic rings. The molecule has 0 bridgehead atoms. The third-order valence-corrected chi connectivity index (χ3v) is 5.81. The van der Waals surface area contributed by atoms with E-state index in [0.717, 1.165) is 22.5 Å². The number of rotatable bonds is 5. The van der Waals surface area contributed by atoms with Gasteiger partial charge in [-0.2, -0.15) is 5.26 Å². The van der Waals surface area contributed by atoms with E-state index in [2.05, 4.69) is 21.4 Å². The minimum absolute atomic E-state index is 0.0158. The number of anilines is 4. The molecule has 6 nitrogen and oxygen atoms in total. The number of pyridine rings is 2. The maximum atomic E-state index is 13.7. The van der Waals surface area contributed by atoms with E-state index in [9.17, 15) is 9.65 Å². The molecule has 0 aliphatic heterocycles. The van der Waals surface area contributed by atoms with E-state index in [1.54, 1.807) is 31.0 Å². The van der Waals surface area contributed by atoms with Crippen molar-refractivity contribution in [2.45, 2.75) is 0 Å². The Hall–Kier alpha value is -4.41. The molecule has 0 aliphatic carbocycles. The lowest BCUT2D eigenvalue weighted by Crippen LogP contribution is -2.10. The molecule has 0 unspecified atom stereocenters. The molecule has 5 rings (SSSR count). The average molecular weight is 470 g/mol. The third-order valence-electron chi connectivity index (χ3n) is 5.52. The van der Waals surface area contributed by atoms with E-state index < -0.39 is 5.82 Å². The molecule has 0 aliphatic rings.